The smallest absolute Gasteiger partial charge is 0.0847 e. The predicted octanol–water partition coefficient (Wildman–Crippen LogP) is 2.00. The third-order valence-corrected chi connectivity index (χ3v) is 3.55. The summed E-state index contributed by atoms with van der Waals surface area (Å²) in [5.74, 6) is 1.09. The molecule has 0 saturated heterocycles. The molecule has 0 saturated carbocycles. The molecule has 0 bridgehead atoms. The minimum Gasteiger partial charge on any atom is -0.327 e. The molecule has 0 aliphatic heterocycles. The zero-order chi connectivity index (χ0) is 11.4. The summed E-state index contributed by atoms with van der Waals surface area (Å²) >= 11 is 7.97. The highest BCUT2D eigenvalue weighted by Crippen LogP contribution is 2.21. The second kappa shape index (κ2) is 5.77. The average Bonchev–Trinajstić information content (AvgIpc) is 2.42. The maximum Gasteiger partial charge on any atom is 0.0847 e. The molecular weight excluding hydrogens is 230 g/mol. The third kappa shape index (κ3) is 3.40. The number of hydrogen-bond acceptors (Lipinski definition) is 3. The van der Waals surface area contributed by atoms with Gasteiger partial charge in [0.05, 0.1) is 16.4 Å². The van der Waals surface area contributed by atoms with E-state index < -0.39 is 0 Å². The number of hydrogen-bond donors (Lipinski definition) is 1. The Morgan fingerprint density at radius 3 is 2.73 bits per heavy atom. The van der Waals surface area contributed by atoms with Crippen LogP contribution in [0, 0.1) is 6.92 Å². The van der Waals surface area contributed by atoms with Crippen LogP contribution >= 0.6 is 23.4 Å². The van der Waals surface area contributed by atoms with Crippen LogP contribution in [0.1, 0.15) is 17.8 Å². The van der Waals surface area contributed by atoms with Crippen molar-refractivity contribution in [2.45, 2.75) is 25.8 Å². The molecule has 0 spiro atoms. The molecule has 1 aromatic rings. The highest BCUT2D eigenvalue weighted by Gasteiger charge is 2.14. The number of nitrogens with zero attached hydrogens (tertiary/aromatic N) is 2. The Kier molecular flexibility index (Phi) is 4.96. The van der Waals surface area contributed by atoms with Gasteiger partial charge in [0.2, 0.25) is 0 Å². The van der Waals surface area contributed by atoms with Crippen LogP contribution < -0.4 is 5.73 Å². The monoisotopic (exact) mass is 247 g/mol. The van der Waals surface area contributed by atoms with Crippen molar-refractivity contribution in [1.82, 2.24) is 9.78 Å². The summed E-state index contributed by atoms with van der Waals surface area (Å²) in [4.78, 5) is 0. The summed E-state index contributed by atoms with van der Waals surface area (Å²) in [6.07, 6.45) is 3.91. The molecule has 0 radical (unpaired) electrons. The van der Waals surface area contributed by atoms with Gasteiger partial charge in [0, 0.05) is 19.5 Å². The largest absolute Gasteiger partial charge is 0.327 e. The number of aromatic nitrogens is 2. The lowest BCUT2D eigenvalue weighted by Gasteiger charge is -2.11. The standard InChI is InChI=1S/C10H18ClN3S/c1-7-10(11)9(14(2)13-7)6-8(12)4-5-15-3/h8H,4-6,12H2,1-3H3. The Bertz CT molecular complexity index is 325. The van der Waals surface area contributed by atoms with Crippen molar-refractivity contribution in [2.24, 2.45) is 12.8 Å². The van der Waals surface area contributed by atoms with Crippen molar-refractivity contribution >= 4 is 23.4 Å². The first-order valence-electron chi connectivity index (χ1n) is 4.98. The van der Waals surface area contributed by atoms with Crippen LogP contribution in [-0.4, -0.2) is 27.8 Å². The Hall–Kier alpha value is -0.190. The summed E-state index contributed by atoms with van der Waals surface area (Å²) in [5.41, 5.74) is 7.95. The molecule has 0 amide bonds. The summed E-state index contributed by atoms with van der Waals surface area (Å²) in [5, 5.41) is 5.03. The molecule has 0 aliphatic carbocycles. The first kappa shape index (κ1) is 12.9. The number of nitrogens with two attached hydrogens (primary N) is 1. The molecule has 1 aromatic heterocycles. The van der Waals surface area contributed by atoms with Gasteiger partial charge < -0.3 is 5.73 Å². The zero-order valence-corrected chi connectivity index (χ0v) is 11.0. The van der Waals surface area contributed by atoms with E-state index in [1.165, 1.54) is 0 Å². The van der Waals surface area contributed by atoms with Gasteiger partial charge in [0.15, 0.2) is 0 Å². The average molecular weight is 248 g/mol. The molecule has 0 fully saturated rings. The quantitative estimate of drug-likeness (QED) is 0.866. The zero-order valence-electron chi connectivity index (χ0n) is 9.46. The van der Waals surface area contributed by atoms with Crippen LogP contribution in [0.25, 0.3) is 0 Å². The maximum absolute atomic E-state index is 6.15. The van der Waals surface area contributed by atoms with Crippen LogP contribution in [0.4, 0.5) is 0 Å². The van der Waals surface area contributed by atoms with E-state index in [0.717, 1.165) is 35.0 Å². The van der Waals surface area contributed by atoms with Gasteiger partial charge in [-0.2, -0.15) is 16.9 Å². The summed E-state index contributed by atoms with van der Waals surface area (Å²) < 4.78 is 1.83. The lowest BCUT2D eigenvalue weighted by Crippen LogP contribution is -2.24. The van der Waals surface area contributed by atoms with Crippen LogP contribution in [0.5, 0.6) is 0 Å². The van der Waals surface area contributed by atoms with Gasteiger partial charge in [-0.15, -0.1) is 0 Å². The van der Waals surface area contributed by atoms with E-state index in [1.54, 1.807) is 0 Å². The summed E-state index contributed by atoms with van der Waals surface area (Å²) in [6, 6.07) is 0.171. The molecule has 0 aliphatic rings. The Morgan fingerprint density at radius 1 is 1.60 bits per heavy atom. The van der Waals surface area contributed by atoms with E-state index in [1.807, 2.05) is 30.4 Å². The summed E-state index contributed by atoms with van der Waals surface area (Å²) in [6.45, 7) is 1.92. The van der Waals surface area contributed by atoms with Crippen molar-refractivity contribution in [1.29, 1.82) is 0 Å². The van der Waals surface area contributed by atoms with E-state index in [2.05, 4.69) is 11.4 Å². The van der Waals surface area contributed by atoms with Gasteiger partial charge in [-0.3, -0.25) is 4.68 Å². The highest BCUT2D eigenvalue weighted by atomic mass is 35.5. The number of rotatable bonds is 5. The van der Waals surface area contributed by atoms with E-state index in [0.29, 0.717) is 0 Å². The first-order chi connectivity index (χ1) is 7.06. The van der Waals surface area contributed by atoms with Gasteiger partial charge >= 0.3 is 0 Å². The Morgan fingerprint density at radius 2 is 2.27 bits per heavy atom. The van der Waals surface area contributed by atoms with Crippen LogP contribution in [0.15, 0.2) is 0 Å². The molecule has 1 atom stereocenters. The van der Waals surface area contributed by atoms with Gasteiger partial charge in [-0.25, -0.2) is 0 Å². The van der Waals surface area contributed by atoms with Gasteiger partial charge in [0.25, 0.3) is 0 Å². The van der Waals surface area contributed by atoms with E-state index in [4.69, 9.17) is 17.3 Å². The van der Waals surface area contributed by atoms with Crippen molar-refractivity contribution in [3.63, 3.8) is 0 Å². The predicted molar refractivity (Wildman–Crippen MR) is 67.6 cm³/mol. The van der Waals surface area contributed by atoms with E-state index in [9.17, 15) is 0 Å². The maximum atomic E-state index is 6.15. The van der Waals surface area contributed by atoms with E-state index >= 15 is 0 Å². The normalized spacial score (nSPS) is 13.1. The molecule has 0 aromatic carbocycles. The molecule has 1 rings (SSSR count). The molecule has 1 heterocycles. The van der Waals surface area contributed by atoms with Crippen LogP contribution in [0.3, 0.4) is 0 Å². The third-order valence-electron chi connectivity index (χ3n) is 2.41. The number of halogens is 1. The van der Waals surface area contributed by atoms with Crippen LogP contribution in [-0.2, 0) is 13.5 Å². The van der Waals surface area contributed by atoms with Gasteiger partial charge in [0.1, 0.15) is 0 Å². The molecule has 5 heteroatoms. The first-order valence-corrected chi connectivity index (χ1v) is 6.76. The number of thioether (sulfide) groups is 1. The topological polar surface area (TPSA) is 43.8 Å². The fourth-order valence-electron chi connectivity index (χ4n) is 1.52. The Labute approximate surface area is 100 Å². The molecule has 3 nitrogen and oxygen atoms in total. The van der Waals surface area contributed by atoms with E-state index in [-0.39, 0.29) is 6.04 Å². The number of aryl methyl sites for hydroxylation is 2. The molecule has 1 unspecified atom stereocenters. The SMILES string of the molecule is CSCCC(N)Cc1c(Cl)c(C)nn1C. The van der Waals surface area contributed by atoms with Gasteiger partial charge in [-0.1, -0.05) is 11.6 Å². The second-order valence-corrected chi connectivity index (χ2v) is 5.08. The van der Waals surface area contributed by atoms with Crippen LogP contribution in [0.2, 0.25) is 5.02 Å². The highest BCUT2D eigenvalue weighted by molar-refractivity contribution is 7.98. The fourth-order valence-corrected chi connectivity index (χ4v) is 2.30. The molecule has 86 valence electrons. The van der Waals surface area contributed by atoms with Crippen molar-refractivity contribution in [2.75, 3.05) is 12.0 Å². The lowest BCUT2D eigenvalue weighted by molar-refractivity contribution is 0.605. The Balaban J connectivity index is 2.63. The molecule has 15 heavy (non-hydrogen) atoms. The second-order valence-electron chi connectivity index (χ2n) is 3.72. The van der Waals surface area contributed by atoms with Crippen molar-refractivity contribution < 1.29 is 0 Å². The fraction of sp³-hybridized carbons (Fsp3) is 0.700. The van der Waals surface area contributed by atoms with Crippen molar-refractivity contribution in [3.8, 4) is 0 Å². The molecule has 2 N–H and O–H groups in total. The molecular formula is C10H18ClN3S. The summed E-state index contributed by atoms with van der Waals surface area (Å²) in [7, 11) is 1.91. The van der Waals surface area contributed by atoms with Crippen molar-refractivity contribution in [3.05, 3.63) is 16.4 Å². The minimum absolute atomic E-state index is 0.171. The van der Waals surface area contributed by atoms with Gasteiger partial charge in [-0.05, 0) is 25.4 Å². The minimum atomic E-state index is 0.171. The lowest BCUT2D eigenvalue weighted by atomic mass is 10.1.